The van der Waals surface area contributed by atoms with Crippen LogP contribution in [-0.2, 0) is 29.1 Å². The van der Waals surface area contributed by atoms with E-state index in [1.165, 1.54) is 38.1 Å². The van der Waals surface area contributed by atoms with Crippen molar-refractivity contribution in [3.63, 3.8) is 0 Å². The molecule has 24 heavy (non-hydrogen) atoms. The van der Waals surface area contributed by atoms with Gasteiger partial charge in [0.25, 0.3) is 0 Å². The molecule has 0 aromatic heterocycles. The number of amides is 1. The zero-order valence-electron chi connectivity index (χ0n) is 13.9. The van der Waals surface area contributed by atoms with Gasteiger partial charge < -0.3 is 14.8 Å². The molecule has 0 spiro atoms. The molecule has 0 saturated carbocycles. The average molecular weight is 358 g/mol. The fourth-order valence-corrected chi connectivity index (χ4v) is 2.93. The SMILES string of the molecule is CCOCCOC(=O)[C@H](C)NS(=O)(=O)c1ccc(NC(C)=O)cc1. The lowest BCUT2D eigenvalue weighted by Crippen LogP contribution is -2.39. The third-order valence-electron chi connectivity index (χ3n) is 2.85. The van der Waals surface area contributed by atoms with Crippen LogP contribution in [0.15, 0.2) is 29.2 Å². The molecule has 1 aromatic rings. The Morgan fingerprint density at radius 3 is 2.33 bits per heavy atom. The summed E-state index contributed by atoms with van der Waals surface area (Å²) in [7, 11) is -3.88. The molecule has 2 N–H and O–H groups in total. The first-order chi connectivity index (χ1) is 11.3. The fraction of sp³-hybridized carbons (Fsp3) is 0.467. The Hall–Kier alpha value is -1.97. The minimum absolute atomic E-state index is 0.0226. The monoisotopic (exact) mass is 358 g/mol. The maximum atomic E-state index is 12.2. The normalized spacial score (nSPS) is 12.5. The van der Waals surface area contributed by atoms with E-state index in [2.05, 4.69) is 10.0 Å². The van der Waals surface area contributed by atoms with Gasteiger partial charge in [0, 0.05) is 19.2 Å². The zero-order chi connectivity index (χ0) is 18.2. The molecule has 0 heterocycles. The van der Waals surface area contributed by atoms with Crippen molar-refractivity contribution in [1.82, 2.24) is 4.72 Å². The van der Waals surface area contributed by atoms with Crippen LogP contribution in [0.5, 0.6) is 0 Å². The number of carbonyl (C=O) groups excluding carboxylic acids is 2. The Balaban J connectivity index is 2.64. The molecule has 9 heteroatoms. The summed E-state index contributed by atoms with van der Waals surface area (Å²) < 4.78 is 36.6. The van der Waals surface area contributed by atoms with Gasteiger partial charge in [-0.2, -0.15) is 4.72 Å². The Kier molecular flexibility index (Phi) is 7.83. The van der Waals surface area contributed by atoms with Crippen molar-refractivity contribution in [3.05, 3.63) is 24.3 Å². The molecule has 1 aromatic carbocycles. The van der Waals surface area contributed by atoms with E-state index in [1.54, 1.807) is 0 Å². The molecule has 0 aliphatic rings. The lowest BCUT2D eigenvalue weighted by molar-refractivity contribution is -0.146. The number of esters is 1. The van der Waals surface area contributed by atoms with Gasteiger partial charge in [-0.3, -0.25) is 9.59 Å². The first-order valence-electron chi connectivity index (χ1n) is 7.40. The number of ether oxygens (including phenoxy) is 2. The topological polar surface area (TPSA) is 111 Å². The van der Waals surface area contributed by atoms with E-state index in [1.807, 2.05) is 6.92 Å². The number of hydrogen-bond donors (Lipinski definition) is 2. The molecule has 0 bridgehead atoms. The van der Waals surface area contributed by atoms with Crippen LogP contribution in [0.1, 0.15) is 20.8 Å². The predicted molar refractivity (Wildman–Crippen MR) is 88.0 cm³/mol. The van der Waals surface area contributed by atoms with Crippen LogP contribution >= 0.6 is 0 Å². The van der Waals surface area contributed by atoms with Crippen LogP contribution < -0.4 is 10.0 Å². The van der Waals surface area contributed by atoms with Crippen molar-refractivity contribution in [2.45, 2.75) is 31.7 Å². The van der Waals surface area contributed by atoms with E-state index >= 15 is 0 Å². The van der Waals surface area contributed by atoms with E-state index in [0.29, 0.717) is 12.3 Å². The van der Waals surface area contributed by atoms with Gasteiger partial charge in [0.15, 0.2) is 0 Å². The molecule has 0 fully saturated rings. The van der Waals surface area contributed by atoms with Gasteiger partial charge >= 0.3 is 5.97 Å². The number of anilines is 1. The van der Waals surface area contributed by atoms with Crippen molar-refractivity contribution < 1.29 is 27.5 Å². The highest BCUT2D eigenvalue weighted by atomic mass is 32.2. The van der Waals surface area contributed by atoms with Crippen LogP contribution in [0.3, 0.4) is 0 Å². The second-order valence-electron chi connectivity index (χ2n) is 4.91. The summed E-state index contributed by atoms with van der Waals surface area (Å²) in [6.07, 6.45) is 0. The first-order valence-corrected chi connectivity index (χ1v) is 8.89. The maximum absolute atomic E-state index is 12.2. The second-order valence-corrected chi connectivity index (χ2v) is 6.63. The summed E-state index contributed by atoms with van der Waals surface area (Å²) in [5, 5.41) is 2.54. The minimum Gasteiger partial charge on any atom is -0.462 e. The molecule has 0 saturated heterocycles. The summed E-state index contributed by atoms with van der Waals surface area (Å²) in [6, 6.07) is 4.55. The third kappa shape index (κ3) is 6.65. The average Bonchev–Trinajstić information content (AvgIpc) is 2.51. The van der Waals surface area contributed by atoms with Crippen LogP contribution in [0.2, 0.25) is 0 Å². The number of nitrogens with one attached hydrogen (secondary N) is 2. The van der Waals surface area contributed by atoms with Crippen LogP contribution in [-0.4, -0.2) is 46.2 Å². The molecule has 0 aliphatic carbocycles. The van der Waals surface area contributed by atoms with E-state index in [4.69, 9.17) is 9.47 Å². The summed E-state index contributed by atoms with van der Waals surface area (Å²) in [5.41, 5.74) is 0.477. The molecule has 8 nitrogen and oxygen atoms in total. The van der Waals surface area contributed by atoms with Crippen molar-refractivity contribution in [2.75, 3.05) is 25.1 Å². The third-order valence-corrected chi connectivity index (χ3v) is 4.40. The molecule has 1 atom stereocenters. The molecular formula is C15H22N2O6S. The Labute approximate surface area is 141 Å². The summed E-state index contributed by atoms with van der Waals surface area (Å²) in [6.45, 7) is 5.39. The van der Waals surface area contributed by atoms with Crippen molar-refractivity contribution in [3.8, 4) is 0 Å². The van der Waals surface area contributed by atoms with Gasteiger partial charge in [0.05, 0.1) is 11.5 Å². The zero-order valence-corrected chi connectivity index (χ0v) is 14.7. The smallest absolute Gasteiger partial charge is 0.323 e. The standard InChI is InChI=1S/C15H22N2O6S/c1-4-22-9-10-23-15(19)11(2)17-24(20,21)14-7-5-13(6-8-14)16-12(3)18/h5-8,11,17H,4,9-10H2,1-3H3,(H,16,18)/t11-/m0/s1. The summed E-state index contributed by atoms with van der Waals surface area (Å²) in [5.74, 6) is -0.944. The van der Waals surface area contributed by atoms with Gasteiger partial charge in [-0.1, -0.05) is 0 Å². The maximum Gasteiger partial charge on any atom is 0.323 e. The Bertz CT molecular complexity index is 657. The highest BCUT2D eigenvalue weighted by Gasteiger charge is 2.23. The van der Waals surface area contributed by atoms with E-state index in [9.17, 15) is 18.0 Å². The summed E-state index contributed by atoms with van der Waals surface area (Å²) in [4.78, 5) is 22.7. The van der Waals surface area contributed by atoms with Crippen molar-refractivity contribution in [1.29, 1.82) is 0 Å². The predicted octanol–water partition coefficient (Wildman–Crippen LogP) is 0.892. The van der Waals surface area contributed by atoms with E-state index in [-0.39, 0.29) is 24.0 Å². The van der Waals surface area contributed by atoms with Crippen molar-refractivity contribution >= 4 is 27.6 Å². The number of rotatable bonds is 9. The summed E-state index contributed by atoms with van der Waals surface area (Å²) >= 11 is 0. The highest BCUT2D eigenvalue weighted by molar-refractivity contribution is 7.89. The molecule has 0 radical (unpaired) electrons. The molecule has 0 unspecified atom stereocenters. The van der Waals surface area contributed by atoms with Crippen LogP contribution in [0.25, 0.3) is 0 Å². The lowest BCUT2D eigenvalue weighted by Gasteiger charge is -2.14. The van der Waals surface area contributed by atoms with Gasteiger partial charge in [-0.25, -0.2) is 8.42 Å². The number of hydrogen-bond acceptors (Lipinski definition) is 6. The van der Waals surface area contributed by atoms with Crippen LogP contribution in [0, 0.1) is 0 Å². The van der Waals surface area contributed by atoms with Gasteiger partial charge in [0.2, 0.25) is 15.9 Å². The molecule has 1 rings (SSSR count). The molecule has 134 valence electrons. The van der Waals surface area contributed by atoms with Crippen LogP contribution in [0.4, 0.5) is 5.69 Å². The largest absolute Gasteiger partial charge is 0.462 e. The molecule has 0 aliphatic heterocycles. The number of carbonyl (C=O) groups is 2. The van der Waals surface area contributed by atoms with E-state index < -0.39 is 22.0 Å². The molecular weight excluding hydrogens is 336 g/mol. The number of benzene rings is 1. The Morgan fingerprint density at radius 2 is 1.79 bits per heavy atom. The van der Waals surface area contributed by atoms with Gasteiger partial charge in [-0.15, -0.1) is 0 Å². The second kappa shape index (κ2) is 9.36. The van der Waals surface area contributed by atoms with E-state index in [0.717, 1.165) is 0 Å². The van der Waals surface area contributed by atoms with Crippen molar-refractivity contribution in [2.24, 2.45) is 0 Å². The first kappa shape index (κ1) is 20.1. The Morgan fingerprint density at radius 1 is 1.17 bits per heavy atom. The fourth-order valence-electron chi connectivity index (χ4n) is 1.74. The van der Waals surface area contributed by atoms with Gasteiger partial charge in [0.1, 0.15) is 12.6 Å². The van der Waals surface area contributed by atoms with Gasteiger partial charge in [-0.05, 0) is 38.1 Å². The highest BCUT2D eigenvalue weighted by Crippen LogP contribution is 2.14. The number of sulfonamides is 1. The lowest BCUT2D eigenvalue weighted by atomic mass is 10.3. The molecule has 1 amide bonds. The minimum atomic E-state index is -3.88. The quantitative estimate of drug-likeness (QED) is 0.501.